The topological polar surface area (TPSA) is 102 Å². The number of nitro benzene ring substituents is 1. The summed E-state index contributed by atoms with van der Waals surface area (Å²) < 4.78 is 1.18. The molecule has 0 atom stereocenters. The number of para-hydroxylation sites is 2. The molecule has 1 aliphatic rings. The van der Waals surface area contributed by atoms with Gasteiger partial charge >= 0.3 is 0 Å². The number of anilines is 1. The summed E-state index contributed by atoms with van der Waals surface area (Å²) in [7, 11) is 1.53. The van der Waals surface area contributed by atoms with E-state index in [0.717, 1.165) is 0 Å². The summed E-state index contributed by atoms with van der Waals surface area (Å²) >= 11 is 0. The molecule has 148 valence electrons. The van der Waals surface area contributed by atoms with Gasteiger partial charge in [-0.2, -0.15) is 5.10 Å². The number of nitro groups is 1. The van der Waals surface area contributed by atoms with Crippen LogP contribution in [0.15, 0.2) is 53.3 Å². The van der Waals surface area contributed by atoms with Crippen LogP contribution in [0, 0.1) is 10.1 Å². The first kappa shape index (κ1) is 18.6. The molecule has 2 heterocycles. The fourth-order valence-corrected chi connectivity index (χ4v) is 3.64. The summed E-state index contributed by atoms with van der Waals surface area (Å²) in [6.07, 6.45) is 0. The first-order valence-corrected chi connectivity index (χ1v) is 9.21. The van der Waals surface area contributed by atoms with Crippen LogP contribution in [0.5, 0.6) is 0 Å². The highest BCUT2D eigenvalue weighted by molar-refractivity contribution is 6.04. The second-order valence-corrected chi connectivity index (χ2v) is 6.85. The molecule has 1 fully saturated rings. The Balaban J connectivity index is 1.58. The third-order valence-electron chi connectivity index (χ3n) is 5.15. The monoisotopic (exact) mass is 393 g/mol. The summed E-state index contributed by atoms with van der Waals surface area (Å²) in [5.74, 6) is -0.251. The number of carbonyl (C=O) groups excluding carboxylic acids is 1. The van der Waals surface area contributed by atoms with E-state index < -0.39 is 4.92 Å². The van der Waals surface area contributed by atoms with Crippen molar-refractivity contribution in [2.45, 2.75) is 0 Å². The number of piperazine rings is 1. The van der Waals surface area contributed by atoms with Crippen molar-refractivity contribution in [3.8, 4) is 0 Å². The zero-order valence-electron chi connectivity index (χ0n) is 15.8. The van der Waals surface area contributed by atoms with Crippen LogP contribution in [-0.4, -0.2) is 51.7 Å². The molecule has 9 heteroatoms. The highest BCUT2D eigenvalue weighted by Crippen LogP contribution is 2.28. The Hall–Kier alpha value is -3.75. The van der Waals surface area contributed by atoms with E-state index in [2.05, 4.69) is 5.10 Å². The van der Waals surface area contributed by atoms with Crippen molar-refractivity contribution < 1.29 is 9.72 Å². The number of fused-ring (bicyclic) bond motifs is 1. The molecule has 0 saturated carbocycles. The third kappa shape index (κ3) is 3.31. The highest BCUT2D eigenvalue weighted by Gasteiger charge is 2.28. The van der Waals surface area contributed by atoms with E-state index >= 15 is 0 Å². The number of benzene rings is 2. The Morgan fingerprint density at radius 3 is 2.31 bits per heavy atom. The Kier molecular flexibility index (Phi) is 4.71. The minimum absolute atomic E-state index is 0.0537. The molecule has 9 nitrogen and oxygen atoms in total. The summed E-state index contributed by atoms with van der Waals surface area (Å²) in [6.45, 7) is 1.76. The Bertz CT molecular complexity index is 1160. The summed E-state index contributed by atoms with van der Waals surface area (Å²) in [5.41, 5.74) is 0.591. The standard InChI is InChI=1S/C20H19N5O4/c1-22-19(26)15-7-3-2-6-14(15)18(21-22)20(27)24-12-10-23(11-13-24)16-8-4-5-9-17(16)25(28)29/h2-9H,10-13H2,1H3. The smallest absolute Gasteiger partial charge is 0.292 e. The molecule has 0 spiro atoms. The predicted octanol–water partition coefficient (Wildman–Crippen LogP) is 1.80. The molecule has 29 heavy (non-hydrogen) atoms. The Morgan fingerprint density at radius 2 is 1.62 bits per heavy atom. The van der Waals surface area contributed by atoms with Crippen LogP contribution in [0.25, 0.3) is 10.8 Å². The van der Waals surface area contributed by atoms with E-state index in [-0.39, 0.29) is 22.8 Å². The number of rotatable bonds is 3. The molecule has 4 rings (SSSR count). The second kappa shape index (κ2) is 7.34. The molecular weight excluding hydrogens is 374 g/mol. The maximum absolute atomic E-state index is 13.1. The van der Waals surface area contributed by atoms with Crippen LogP contribution in [0.2, 0.25) is 0 Å². The van der Waals surface area contributed by atoms with Gasteiger partial charge in [-0.25, -0.2) is 4.68 Å². The average Bonchev–Trinajstić information content (AvgIpc) is 2.76. The van der Waals surface area contributed by atoms with E-state index in [9.17, 15) is 19.7 Å². The van der Waals surface area contributed by atoms with Crippen molar-refractivity contribution in [2.75, 3.05) is 31.1 Å². The molecule has 1 saturated heterocycles. The molecular formula is C20H19N5O4. The normalized spacial score (nSPS) is 14.2. The molecule has 2 aromatic carbocycles. The van der Waals surface area contributed by atoms with Crippen LogP contribution in [0.1, 0.15) is 10.5 Å². The molecule has 0 bridgehead atoms. The van der Waals surface area contributed by atoms with Crippen molar-refractivity contribution in [1.29, 1.82) is 0 Å². The number of aryl methyl sites for hydroxylation is 1. The molecule has 1 aliphatic heterocycles. The van der Waals surface area contributed by atoms with Crippen molar-refractivity contribution >= 4 is 28.1 Å². The first-order valence-electron chi connectivity index (χ1n) is 9.21. The maximum Gasteiger partial charge on any atom is 0.292 e. The number of hydrogen-bond acceptors (Lipinski definition) is 6. The number of amides is 1. The van der Waals surface area contributed by atoms with Crippen molar-refractivity contribution in [2.24, 2.45) is 7.05 Å². The minimum atomic E-state index is -0.395. The second-order valence-electron chi connectivity index (χ2n) is 6.85. The first-order chi connectivity index (χ1) is 14.0. The van der Waals surface area contributed by atoms with E-state index in [4.69, 9.17) is 0 Å². The van der Waals surface area contributed by atoms with Gasteiger partial charge in [0.25, 0.3) is 17.2 Å². The summed E-state index contributed by atoms with van der Waals surface area (Å²) in [5, 5.41) is 16.5. The van der Waals surface area contributed by atoms with E-state index in [1.54, 1.807) is 47.4 Å². The van der Waals surface area contributed by atoms with Gasteiger partial charge in [0.1, 0.15) is 5.69 Å². The number of hydrogen-bond donors (Lipinski definition) is 0. The van der Waals surface area contributed by atoms with Gasteiger partial charge in [0.05, 0.1) is 10.3 Å². The van der Waals surface area contributed by atoms with Gasteiger partial charge < -0.3 is 9.80 Å². The molecule has 0 N–H and O–H groups in total. The maximum atomic E-state index is 13.1. The molecule has 0 radical (unpaired) electrons. The molecule has 0 aliphatic carbocycles. The summed E-state index contributed by atoms with van der Waals surface area (Å²) in [4.78, 5) is 39.9. The molecule has 1 aromatic heterocycles. The van der Waals surface area contributed by atoms with E-state index in [1.807, 2.05) is 4.90 Å². The van der Waals surface area contributed by atoms with Gasteiger partial charge in [-0.1, -0.05) is 30.3 Å². The zero-order chi connectivity index (χ0) is 20.5. The zero-order valence-corrected chi connectivity index (χ0v) is 15.8. The molecule has 1 amide bonds. The third-order valence-corrected chi connectivity index (χ3v) is 5.15. The van der Waals surface area contributed by atoms with Gasteiger partial charge in [-0.3, -0.25) is 19.7 Å². The van der Waals surface area contributed by atoms with Crippen LogP contribution in [-0.2, 0) is 7.05 Å². The van der Waals surface area contributed by atoms with Gasteiger partial charge in [0, 0.05) is 44.7 Å². The van der Waals surface area contributed by atoms with Gasteiger partial charge in [-0.15, -0.1) is 0 Å². The van der Waals surface area contributed by atoms with Gasteiger partial charge in [0.15, 0.2) is 5.69 Å². The van der Waals surface area contributed by atoms with Crippen LogP contribution < -0.4 is 10.5 Å². The van der Waals surface area contributed by atoms with Crippen molar-refractivity contribution in [3.05, 3.63) is 74.7 Å². The molecule has 0 unspecified atom stereocenters. The van der Waals surface area contributed by atoms with Gasteiger partial charge in [-0.05, 0) is 12.1 Å². The SMILES string of the molecule is Cn1nc(C(=O)N2CCN(c3ccccc3[N+](=O)[O-])CC2)c2ccccc2c1=O. The number of aromatic nitrogens is 2. The lowest BCUT2D eigenvalue weighted by atomic mass is 10.1. The fourth-order valence-electron chi connectivity index (χ4n) is 3.64. The predicted molar refractivity (Wildman–Crippen MR) is 108 cm³/mol. The highest BCUT2D eigenvalue weighted by atomic mass is 16.6. The van der Waals surface area contributed by atoms with Crippen molar-refractivity contribution in [3.63, 3.8) is 0 Å². The van der Waals surface area contributed by atoms with E-state index in [1.165, 1.54) is 17.8 Å². The van der Waals surface area contributed by atoms with Crippen LogP contribution in [0.3, 0.4) is 0 Å². The lowest BCUT2D eigenvalue weighted by Gasteiger charge is -2.35. The Labute approximate surface area is 165 Å². The van der Waals surface area contributed by atoms with Crippen LogP contribution in [0.4, 0.5) is 11.4 Å². The molecule has 3 aromatic rings. The van der Waals surface area contributed by atoms with Crippen LogP contribution >= 0.6 is 0 Å². The summed E-state index contributed by atoms with van der Waals surface area (Å²) in [6, 6.07) is 13.5. The largest absolute Gasteiger partial charge is 0.362 e. The fraction of sp³-hybridized carbons (Fsp3) is 0.250. The minimum Gasteiger partial charge on any atom is -0.362 e. The van der Waals surface area contributed by atoms with Crippen molar-refractivity contribution in [1.82, 2.24) is 14.7 Å². The quantitative estimate of drug-likeness (QED) is 0.497. The lowest BCUT2D eigenvalue weighted by molar-refractivity contribution is -0.384. The number of carbonyl (C=O) groups is 1. The number of nitrogens with zero attached hydrogens (tertiary/aromatic N) is 5. The Morgan fingerprint density at radius 1 is 1.00 bits per heavy atom. The van der Waals surface area contributed by atoms with E-state index in [0.29, 0.717) is 42.6 Å². The lowest BCUT2D eigenvalue weighted by Crippen LogP contribution is -2.49. The van der Waals surface area contributed by atoms with Gasteiger partial charge in [0.2, 0.25) is 0 Å². The average molecular weight is 393 g/mol.